The molecule has 1 heterocycles. The Kier molecular flexibility index (Phi) is 6.35. The lowest BCUT2D eigenvalue weighted by molar-refractivity contribution is -0.143. The third-order valence-corrected chi connectivity index (χ3v) is 3.91. The van der Waals surface area contributed by atoms with Gasteiger partial charge in [0.15, 0.2) is 17.5 Å². The maximum atomic E-state index is 12.4. The van der Waals surface area contributed by atoms with Crippen LogP contribution in [-0.2, 0) is 6.54 Å². The third-order valence-electron chi connectivity index (χ3n) is 3.91. The van der Waals surface area contributed by atoms with E-state index in [4.69, 9.17) is 15.2 Å². The average molecular weight is 360 g/mol. The summed E-state index contributed by atoms with van der Waals surface area (Å²) in [5.74, 6) is 1.44. The first-order valence-corrected chi connectivity index (χ1v) is 7.87. The number of nitrogens with zero attached hydrogens (tertiary/aromatic N) is 2. The van der Waals surface area contributed by atoms with Gasteiger partial charge in [-0.2, -0.15) is 13.2 Å². The van der Waals surface area contributed by atoms with Crippen LogP contribution < -0.4 is 20.5 Å². The predicted octanol–water partition coefficient (Wildman–Crippen LogP) is 1.74. The summed E-state index contributed by atoms with van der Waals surface area (Å²) in [6, 6.07) is 5.30. The molecule has 0 amide bonds. The minimum atomic E-state index is -4.18. The number of guanidine groups is 1. The highest BCUT2D eigenvalue weighted by Gasteiger charge is 2.34. The first kappa shape index (κ1) is 19.2. The zero-order chi connectivity index (χ0) is 18.4. The van der Waals surface area contributed by atoms with E-state index in [1.54, 1.807) is 26.4 Å². The largest absolute Gasteiger partial charge is 0.493 e. The molecule has 140 valence electrons. The van der Waals surface area contributed by atoms with Gasteiger partial charge in [-0.25, -0.2) is 4.99 Å². The lowest BCUT2D eigenvalue weighted by Crippen LogP contribution is -2.42. The molecule has 0 spiro atoms. The van der Waals surface area contributed by atoms with Crippen LogP contribution in [0.2, 0.25) is 0 Å². The van der Waals surface area contributed by atoms with Crippen LogP contribution in [0.15, 0.2) is 23.2 Å². The second-order valence-electron chi connectivity index (χ2n) is 5.87. The van der Waals surface area contributed by atoms with E-state index < -0.39 is 12.7 Å². The highest BCUT2D eigenvalue weighted by Crippen LogP contribution is 2.27. The number of methoxy groups -OCH3 is 2. The van der Waals surface area contributed by atoms with Crippen molar-refractivity contribution in [3.8, 4) is 11.5 Å². The Bertz CT molecular complexity index is 608. The lowest BCUT2D eigenvalue weighted by atomic mass is 10.2. The van der Waals surface area contributed by atoms with Crippen molar-refractivity contribution in [2.24, 2.45) is 10.7 Å². The molecule has 6 nitrogen and oxygen atoms in total. The van der Waals surface area contributed by atoms with E-state index >= 15 is 0 Å². The van der Waals surface area contributed by atoms with Crippen LogP contribution in [0.4, 0.5) is 13.2 Å². The van der Waals surface area contributed by atoms with Crippen molar-refractivity contribution < 1.29 is 22.6 Å². The summed E-state index contributed by atoms with van der Waals surface area (Å²) in [6.45, 7) is 0.123. The number of likely N-dealkylation sites (tertiary alicyclic amines) is 1. The van der Waals surface area contributed by atoms with Gasteiger partial charge >= 0.3 is 6.18 Å². The fourth-order valence-corrected chi connectivity index (χ4v) is 2.76. The number of nitrogens with two attached hydrogens (primary N) is 1. The molecule has 1 aliphatic heterocycles. The van der Waals surface area contributed by atoms with Gasteiger partial charge in [-0.05, 0) is 24.1 Å². The molecule has 1 aromatic rings. The Morgan fingerprint density at radius 2 is 2.04 bits per heavy atom. The molecule has 1 fully saturated rings. The number of hydrogen-bond donors (Lipinski definition) is 2. The van der Waals surface area contributed by atoms with Crippen molar-refractivity contribution in [2.45, 2.75) is 25.2 Å². The van der Waals surface area contributed by atoms with Gasteiger partial charge in [0.2, 0.25) is 0 Å². The maximum absolute atomic E-state index is 12.4. The predicted molar refractivity (Wildman–Crippen MR) is 88.9 cm³/mol. The standard InChI is InChI=1S/C16H23F3N4O2/c1-24-13-4-3-11(7-14(13)25-2)8-21-15(20)22-12-5-6-23(9-12)10-16(17,18)19/h3-4,7,12H,5-6,8-10H2,1-2H3,(H3,20,21,22). The molecule has 9 heteroatoms. The number of rotatable bonds is 6. The smallest absolute Gasteiger partial charge is 0.401 e. The molecule has 0 aliphatic carbocycles. The molecule has 25 heavy (non-hydrogen) atoms. The molecular weight excluding hydrogens is 337 g/mol. The lowest BCUT2D eigenvalue weighted by Gasteiger charge is -2.18. The van der Waals surface area contributed by atoms with Gasteiger partial charge in [-0.1, -0.05) is 6.07 Å². The Hall–Kier alpha value is -2.16. The number of aliphatic imine (C=N–C) groups is 1. The number of benzene rings is 1. The molecule has 0 saturated carbocycles. The van der Waals surface area contributed by atoms with Crippen molar-refractivity contribution >= 4 is 5.96 Å². The van der Waals surface area contributed by atoms with Crippen LogP contribution in [-0.4, -0.2) is 56.9 Å². The summed E-state index contributed by atoms with van der Waals surface area (Å²) < 4.78 is 47.6. The Balaban J connectivity index is 1.86. The average Bonchev–Trinajstić information content (AvgIpc) is 2.97. The summed E-state index contributed by atoms with van der Waals surface area (Å²) in [7, 11) is 3.11. The van der Waals surface area contributed by atoms with E-state index in [1.807, 2.05) is 6.07 Å². The van der Waals surface area contributed by atoms with E-state index in [-0.39, 0.29) is 12.0 Å². The third kappa shape index (κ3) is 6.00. The molecule has 1 atom stereocenters. The first-order valence-electron chi connectivity index (χ1n) is 7.87. The number of halogens is 3. The zero-order valence-corrected chi connectivity index (χ0v) is 14.3. The van der Waals surface area contributed by atoms with Crippen molar-refractivity contribution in [1.82, 2.24) is 10.2 Å². The normalized spacial score (nSPS) is 19.1. The van der Waals surface area contributed by atoms with Crippen molar-refractivity contribution in [2.75, 3.05) is 33.9 Å². The maximum Gasteiger partial charge on any atom is 0.401 e. The van der Waals surface area contributed by atoms with Crippen LogP contribution >= 0.6 is 0 Å². The van der Waals surface area contributed by atoms with E-state index in [2.05, 4.69) is 10.3 Å². The molecule has 0 bridgehead atoms. The molecule has 3 N–H and O–H groups in total. The minimum absolute atomic E-state index is 0.128. The van der Waals surface area contributed by atoms with Gasteiger partial charge in [-0.15, -0.1) is 0 Å². The van der Waals surface area contributed by atoms with E-state index in [1.165, 1.54) is 4.90 Å². The molecule has 0 aromatic heterocycles. The van der Waals surface area contributed by atoms with Crippen LogP contribution in [0.25, 0.3) is 0 Å². The summed E-state index contributed by atoms with van der Waals surface area (Å²) in [4.78, 5) is 5.60. The molecule has 1 saturated heterocycles. The molecule has 1 aromatic carbocycles. The summed E-state index contributed by atoms with van der Waals surface area (Å²) in [6.07, 6.45) is -3.58. The van der Waals surface area contributed by atoms with Gasteiger partial charge in [0.1, 0.15) is 0 Å². The molecular formula is C16H23F3N4O2. The second-order valence-corrected chi connectivity index (χ2v) is 5.87. The van der Waals surface area contributed by atoms with Crippen LogP contribution in [0.3, 0.4) is 0 Å². The van der Waals surface area contributed by atoms with Crippen LogP contribution in [0.1, 0.15) is 12.0 Å². The summed E-state index contributed by atoms with van der Waals surface area (Å²) in [5.41, 5.74) is 6.72. The second kappa shape index (κ2) is 8.28. The van der Waals surface area contributed by atoms with Crippen LogP contribution in [0.5, 0.6) is 11.5 Å². The fraction of sp³-hybridized carbons (Fsp3) is 0.562. The molecule has 2 rings (SSSR count). The monoisotopic (exact) mass is 360 g/mol. The first-order chi connectivity index (χ1) is 11.8. The Morgan fingerprint density at radius 1 is 1.32 bits per heavy atom. The number of alkyl halides is 3. The number of nitrogens with one attached hydrogen (secondary N) is 1. The van der Waals surface area contributed by atoms with Gasteiger partial charge in [0.05, 0.1) is 27.3 Å². The van der Waals surface area contributed by atoms with E-state index in [0.29, 0.717) is 37.6 Å². The van der Waals surface area contributed by atoms with Gasteiger partial charge in [0, 0.05) is 19.1 Å². The van der Waals surface area contributed by atoms with Gasteiger partial charge < -0.3 is 20.5 Å². The molecule has 0 radical (unpaired) electrons. The fourth-order valence-electron chi connectivity index (χ4n) is 2.76. The molecule has 1 aliphatic rings. The van der Waals surface area contributed by atoms with Crippen LogP contribution in [0, 0.1) is 0 Å². The highest BCUT2D eigenvalue weighted by molar-refractivity contribution is 5.78. The van der Waals surface area contributed by atoms with E-state index in [0.717, 1.165) is 5.56 Å². The Morgan fingerprint density at radius 3 is 2.68 bits per heavy atom. The summed E-state index contributed by atoms with van der Waals surface area (Å²) in [5, 5.41) is 2.98. The van der Waals surface area contributed by atoms with Crippen molar-refractivity contribution in [3.05, 3.63) is 23.8 Å². The topological polar surface area (TPSA) is 72.1 Å². The quantitative estimate of drug-likeness (QED) is 0.597. The Labute approximate surface area is 144 Å². The summed E-state index contributed by atoms with van der Waals surface area (Å²) >= 11 is 0. The van der Waals surface area contributed by atoms with Crippen molar-refractivity contribution in [3.63, 3.8) is 0 Å². The SMILES string of the molecule is COc1ccc(CN=C(N)NC2CCN(CC(F)(F)F)C2)cc1OC. The zero-order valence-electron chi connectivity index (χ0n) is 14.3. The minimum Gasteiger partial charge on any atom is -0.493 e. The van der Waals surface area contributed by atoms with Gasteiger partial charge in [0.25, 0.3) is 0 Å². The van der Waals surface area contributed by atoms with Gasteiger partial charge in [-0.3, -0.25) is 4.90 Å². The number of hydrogen-bond acceptors (Lipinski definition) is 4. The highest BCUT2D eigenvalue weighted by atomic mass is 19.4. The molecule has 1 unspecified atom stereocenters. The van der Waals surface area contributed by atoms with E-state index in [9.17, 15) is 13.2 Å². The van der Waals surface area contributed by atoms with Crippen molar-refractivity contribution in [1.29, 1.82) is 0 Å². The number of ether oxygens (including phenoxy) is 2.